The van der Waals surface area contributed by atoms with Gasteiger partial charge in [0, 0.05) is 10.7 Å². The van der Waals surface area contributed by atoms with Crippen LogP contribution < -0.4 is 10.1 Å². The van der Waals surface area contributed by atoms with E-state index in [1.54, 1.807) is 30.3 Å². The van der Waals surface area contributed by atoms with Crippen molar-refractivity contribution in [2.24, 2.45) is 0 Å². The number of rotatable bonds is 4. The molecule has 0 unspecified atom stereocenters. The van der Waals surface area contributed by atoms with Crippen molar-refractivity contribution in [2.45, 2.75) is 0 Å². The SMILES string of the molecule is COc1cc(/C=C(/C#N)C(=O)Nc2cccc(Cl)c2)ccc1O. The molecule has 23 heavy (non-hydrogen) atoms. The maximum absolute atomic E-state index is 12.2. The number of hydrogen-bond donors (Lipinski definition) is 2. The number of halogens is 1. The van der Waals surface area contributed by atoms with Gasteiger partial charge in [-0.25, -0.2) is 0 Å². The number of hydrogen-bond acceptors (Lipinski definition) is 4. The molecular weight excluding hydrogens is 316 g/mol. The van der Waals surface area contributed by atoms with Gasteiger partial charge in [-0.15, -0.1) is 0 Å². The van der Waals surface area contributed by atoms with Gasteiger partial charge in [-0.05, 0) is 42.0 Å². The molecule has 0 bridgehead atoms. The molecule has 2 aromatic carbocycles. The average Bonchev–Trinajstić information content (AvgIpc) is 2.53. The molecule has 0 spiro atoms. The van der Waals surface area contributed by atoms with E-state index in [0.29, 0.717) is 16.3 Å². The lowest BCUT2D eigenvalue weighted by molar-refractivity contribution is -0.112. The molecule has 2 rings (SSSR count). The van der Waals surface area contributed by atoms with Crippen LogP contribution in [0.15, 0.2) is 48.0 Å². The molecule has 0 heterocycles. The molecule has 0 atom stereocenters. The van der Waals surface area contributed by atoms with Gasteiger partial charge in [0.2, 0.25) is 0 Å². The summed E-state index contributed by atoms with van der Waals surface area (Å²) in [6.07, 6.45) is 1.40. The molecule has 5 nitrogen and oxygen atoms in total. The van der Waals surface area contributed by atoms with Gasteiger partial charge in [-0.3, -0.25) is 4.79 Å². The Bertz CT molecular complexity index is 810. The normalized spacial score (nSPS) is 10.7. The summed E-state index contributed by atoms with van der Waals surface area (Å²) in [6, 6.07) is 13.0. The molecule has 2 N–H and O–H groups in total. The minimum atomic E-state index is -0.554. The van der Waals surface area contributed by atoms with Crippen molar-refractivity contribution < 1.29 is 14.6 Å². The van der Waals surface area contributed by atoms with Crippen molar-refractivity contribution in [3.63, 3.8) is 0 Å². The maximum Gasteiger partial charge on any atom is 0.266 e. The first-order chi connectivity index (χ1) is 11.0. The summed E-state index contributed by atoms with van der Waals surface area (Å²) in [6.45, 7) is 0. The Morgan fingerprint density at radius 2 is 2.13 bits per heavy atom. The first kappa shape index (κ1) is 16.4. The van der Waals surface area contributed by atoms with E-state index < -0.39 is 5.91 Å². The summed E-state index contributed by atoms with van der Waals surface area (Å²) in [5.74, 6) is -0.320. The van der Waals surface area contributed by atoms with Crippen molar-refractivity contribution in [3.05, 3.63) is 58.6 Å². The van der Waals surface area contributed by atoms with Crippen LogP contribution in [-0.2, 0) is 4.79 Å². The smallest absolute Gasteiger partial charge is 0.266 e. The van der Waals surface area contributed by atoms with Crippen LogP contribution in [0.25, 0.3) is 6.08 Å². The fourth-order valence-corrected chi connectivity index (χ4v) is 2.05. The lowest BCUT2D eigenvalue weighted by atomic mass is 10.1. The lowest BCUT2D eigenvalue weighted by Gasteiger charge is -2.06. The number of benzene rings is 2. The largest absolute Gasteiger partial charge is 0.504 e. The van der Waals surface area contributed by atoms with E-state index in [2.05, 4.69) is 5.32 Å². The van der Waals surface area contributed by atoms with Crippen molar-refractivity contribution in [3.8, 4) is 17.6 Å². The molecule has 0 saturated carbocycles. The van der Waals surface area contributed by atoms with E-state index in [4.69, 9.17) is 16.3 Å². The summed E-state index contributed by atoms with van der Waals surface area (Å²) in [4.78, 5) is 12.2. The topological polar surface area (TPSA) is 82.3 Å². The predicted molar refractivity (Wildman–Crippen MR) is 88.3 cm³/mol. The molecule has 0 aliphatic carbocycles. The number of amides is 1. The number of nitrogens with zero attached hydrogens (tertiary/aromatic N) is 1. The van der Waals surface area contributed by atoms with Gasteiger partial charge < -0.3 is 15.2 Å². The highest BCUT2D eigenvalue weighted by Crippen LogP contribution is 2.27. The average molecular weight is 329 g/mol. The molecule has 0 radical (unpaired) electrons. The van der Waals surface area contributed by atoms with Crippen LogP contribution in [0, 0.1) is 11.3 Å². The highest BCUT2D eigenvalue weighted by atomic mass is 35.5. The zero-order valence-electron chi connectivity index (χ0n) is 12.2. The van der Waals surface area contributed by atoms with E-state index >= 15 is 0 Å². The lowest BCUT2D eigenvalue weighted by Crippen LogP contribution is -2.13. The standard InChI is InChI=1S/C17H13ClN2O3/c1-23-16-8-11(5-6-15(16)21)7-12(10-19)17(22)20-14-4-2-3-13(18)9-14/h2-9,21H,1H3,(H,20,22)/b12-7-. The third-order valence-corrected chi connectivity index (χ3v) is 3.20. The van der Waals surface area contributed by atoms with Crippen molar-refractivity contribution in [1.82, 2.24) is 0 Å². The van der Waals surface area contributed by atoms with Gasteiger partial charge >= 0.3 is 0 Å². The van der Waals surface area contributed by atoms with Crippen LogP contribution in [0.4, 0.5) is 5.69 Å². The number of carbonyl (C=O) groups is 1. The first-order valence-corrected chi connectivity index (χ1v) is 6.97. The van der Waals surface area contributed by atoms with E-state index in [-0.39, 0.29) is 17.1 Å². The molecule has 6 heteroatoms. The number of carbonyl (C=O) groups excluding carboxylic acids is 1. The van der Waals surface area contributed by atoms with Crippen LogP contribution >= 0.6 is 11.6 Å². The number of phenolic OH excluding ortho intramolecular Hbond substituents is 1. The minimum absolute atomic E-state index is 0.0217. The molecule has 0 aliphatic rings. The Morgan fingerprint density at radius 1 is 1.35 bits per heavy atom. The number of aromatic hydroxyl groups is 1. The number of nitriles is 1. The summed E-state index contributed by atoms with van der Waals surface area (Å²) < 4.78 is 4.99. The first-order valence-electron chi connectivity index (χ1n) is 6.59. The summed E-state index contributed by atoms with van der Waals surface area (Å²) in [5, 5.41) is 21.8. The van der Waals surface area contributed by atoms with Crippen molar-refractivity contribution >= 4 is 29.3 Å². The van der Waals surface area contributed by atoms with Crippen LogP contribution in [0.1, 0.15) is 5.56 Å². The van der Waals surface area contributed by atoms with Gasteiger partial charge in [0.25, 0.3) is 5.91 Å². The fourth-order valence-electron chi connectivity index (χ4n) is 1.86. The number of ether oxygens (including phenoxy) is 1. The van der Waals surface area contributed by atoms with Gasteiger partial charge in [-0.1, -0.05) is 23.7 Å². The Labute approximate surface area is 138 Å². The second-order valence-corrected chi connectivity index (χ2v) is 5.00. The summed E-state index contributed by atoms with van der Waals surface area (Å²) in [5.41, 5.74) is 0.960. The molecule has 0 aliphatic heterocycles. The van der Waals surface area contributed by atoms with Gasteiger partial charge in [-0.2, -0.15) is 5.26 Å². The number of anilines is 1. The van der Waals surface area contributed by atoms with Gasteiger partial charge in [0.15, 0.2) is 11.5 Å². The molecule has 1 amide bonds. The van der Waals surface area contributed by atoms with E-state index in [0.717, 1.165) is 0 Å². The van der Waals surface area contributed by atoms with Crippen LogP contribution in [0.5, 0.6) is 11.5 Å². The van der Waals surface area contributed by atoms with E-state index in [1.807, 2.05) is 6.07 Å². The minimum Gasteiger partial charge on any atom is -0.504 e. The highest BCUT2D eigenvalue weighted by molar-refractivity contribution is 6.31. The van der Waals surface area contributed by atoms with E-state index in [1.165, 1.54) is 25.3 Å². The van der Waals surface area contributed by atoms with Crippen molar-refractivity contribution in [1.29, 1.82) is 5.26 Å². The Hall–Kier alpha value is -2.97. The van der Waals surface area contributed by atoms with Gasteiger partial charge in [0.1, 0.15) is 11.6 Å². The Morgan fingerprint density at radius 3 is 2.78 bits per heavy atom. The zero-order chi connectivity index (χ0) is 16.8. The summed E-state index contributed by atoms with van der Waals surface area (Å²) in [7, 11) is 1.42. The third-order valence-electron chi connectivity index (χ3n) is 2.96. The molecule has 116 valence electrons. The zero-order valence-corrected chi connectivity index (χ0v) is 13.0. The van der Waals surface area contributed by atoms with Gasteiger partial charge in [0.05, 0.1) is 7.11 Å². The van der Waals surface area contributed by atoms with Crippen molar-refractivity contribution in [2.75, 3.05) is 12.4 Å². The maximum atomic E-state index is 12.2. The molecule has 0 fully saturated rings. The monoisotopic (exact) mass is 328 g/mol. The summed E-state index contributed by atoms with van der Waals surface area (Å²) >= 11 is 5.85. The predicted octanol–water partition coefficient (Wildman–Crippen LogP) is 3.60. The highest BCUT2D eigenvalue weighted by Gasteiger charge is 2.10. The molecular formula is C17H13ClN2O3. The number of methoxy groups -OCH3 is 1. The number of nitrogens with one attached hydrogen (secondary N) is 1. The van der Waals surface area contributed by atoms with E-state index in [9.17, 15) is 15.2 Å². The molecule has 2 aromatic rings. The van der Waals surface area contributed by atoms with Crippen LogP contribution in [0.3, 0.4) is 0 Å². The van der Waals surface area contributed by atoms with Crippen LogP contribution in [-0.4, -0.2) is 18.1 Å². The second-order valence-electron chi connectivity index (χ2n) is 4.57. The third kappa shape index (κ3) is 4.25. The number of phenols is 1. The molecule has 0 aromatic heterocycles. The quantitative estimate of drug-likeness (QED) is 0.663. The molecule has 0 saturated heterocycles. The Balaban J connectivity index is 2.25. The van der Waals surface area contributed by atoms with Crippen LogP contribution in [0.2, 0.25) is 5.02 Å². The Kier molecular flexibility index (Phi) is 5.23. The fraction of sp³-hybridized carbons (Fsp3) is 0.0588. The second kappa shape index (κ2) is 7.34.